The van der Waals surface area contributed by atoms with Gasteiger partial charge in [0.1, 0.15) is 11.5 Å². The Morgan fingerprint density at radius 2 is 2.09 bits per heavy atom. The molecule has 23 heavy (non-hydrogen) atoms. The van der Waals surface area contributed by atoms with Crippen LogP contribution in [-0.2, 0) is 14.3 Å². The van der Waals surface area contributed by atoms with Crippen LogP contribution in [-0.4, -0.2) is 25.2 Å². The summed E-state index contributed by atoms with van der Waals surface area (Å²) >= 11 is 0. The topological polar surface area (TPSA) is 52.6 Å². The van der Waals surface area contributed by atoms with Crippen LogP contribution < -0.4 is 0 Å². The first-order valence-electron chi connectivity index (χ1n) is 8.25. The lowest BCUT2D eigenvalue weighted by Crippen LogP contribution is -2.42. The van der Waals surface area contributed by atoms with Crippen molar-refractivity contribution in [1.82, 2.24) is 0 Å². The van der Waals surface area contributed by atoms with Gasteiger partial charge in [-0.25, -0.2) is 4.79 Å². The fraction of sp³-hybridized carbons (Fsp3) is 0.579. The van der Waals surface area contributed by atoms with Gasteiger partial charge in [0.15, 0.2) is 0 Å². The number of rotatable bonds is 5. The Balaban J connectivity index is 2.22. The summed E-state index contributed by atoms with van der Waals surface area (Å²) in [6.45, 7) is 6.08. The second-order valence-corrected chi connectivity index (χ2v) is 6.90. The molecule has 0 bridgehead atoms. The molecule has 1 aromatic rings. The van der Waals surface area contributed by atoms with Gasteiger partial charge in [-0.15, -0.1) is 0 Å². The van der Waals surface area contributed by atoms with E-state index in [1.165, 1.54) is 7.11 Å². The van der Waals surface area contributed by atoms with E-state index in [1.54, 1.807) is 12.1 Å². The van der Waals surface area contributed by atoms with Gasteiger partial charge >= 0.3 is 11.9 Å². The number of hydrogen-bond acceptors (Lipinski definition) is 4. The Morgan fingerprint density at radius 1 is 1.35 bits per heavy atom. The second-order valence-electron chi connectivity index (χ2n) is 6.90. The zero-order chi connectivity index (χ0) is 17.0. The van der Waals surface area contributed by atoms with Crippen molar-refractivity contribution in [1.29, 1.82) is 0 Å². The van der Waals surface area contributed by atoms with Crippen LogP contribution in [0.4, 0.5) is 0 Å². The quantitative estimate of drug-likeness (QED) is 0.772. The third-order valence-corrected chi connectivity index (χ3v) is 4.57. The van der Waals surface area contributed by atoms with Crippen LogP contribution in [0.25, 0.3) is 0 Å². The van der Waals surface area contributed by atoms with E-state index in [0.717, 1.165) is 12.0 Å². The first-order chi connectivity index (χ1) is 10.9. The molecule has 0 amide bonds. The van der Waals surface area contributed by atoms with Crippen molar-refractivity contribution in [2.75, 3.05) is 7.11 Å². The van der Waals surface area contributed by atoms with Gasteiger partial charge in [-0.3, -0.25) is 4.79 Å². The lowest BCUT2D eigenvalue weighted by atomic mass is 9.76. The van der Waals surface area contributed by atoms with Gasteiger partial charge in [0.25, 0.3) is 0 Å². The molecule has 0 N–H and O–H groups in total. The van der Waals surface area contributed by atoms with Crippen molar-refractivity contribution in [2.24, 2.45) is 11.3 Å². The number of ether oxygens (including phenoxy) is 2. The zero-order valence-corrected chi connectivity index (χ0v) is 14.4. The fourth-order valence-electron chi connectivity index (χ4n) is 3.66. The maximum Gasteiger partial charge on any atom is 0.338 e. The van der Waals surface area contributed by atoms with Crippen molar-refractivity contribution in [3.63, 3.8) is 0 Å². The van der Waals surface area contributed by atoms with Gasteiger partial charge in [0, 0.05) is 0 Å². The molecule has 2 rings (SSSR count). The minimum Gasteiger partial charge on any atom is -0.468 e. The molecule has 0 aliphatic heterocycles. The standard InChI is InChI=1S/C19H26O4/c1-13(2)12-19(18(21)22-4)10-6-9-16(19)23-17(20)15-8-5-7-14(3)11-15/h5,7-8,11,13,16H,6,9-10,12H2,1-4H3. The number of methoxy groups -OCH3 is 1. The Bertz CT molecular complexity index is 578. The Hall–Kier alpha value is -1.84. The third kappa shape index (κ3) is 3.74. The van der Waals surface area contributed by atoms with E-state index in [4.69, 9.17) is 9.47 Å². The predicted octanol–water partition coefficient (Wildman–Crippen LogP) is 3.91. The molecule has 0 saturated heterocycles. The number of carbonyl (C=O) groups is 2. The molecule has 1 fully saturated rings. The first kappa shape index (κ1) is 17.5. The van der Waals surface area contributed by atoms with E-state index < -0.39 is 11.5 Å². The van der Waals surface area contributed by atoms with Gasteiger partial charge < -0.3 is 9.47 Å². The van der Waals surface area contributed by atoms with Crippen molar-refractivity contribution < 1.29 is 19.1 Å². The summed E-state index contributed by atoms with van der Waals surface area (Å²) in [5, 5.41) is 0. The van der Waals surface area contributed by atoms with Crippen molar-refractivity contribution in [3.8, 4) is 0 Å². The molecule has 2 unspecified atom stereocenters. The minimum absolute atomic E-state index is 0.259. The smallest absolute Gasteiger partial charge is 0.338 e. The molecule has 0 heterocycles. The van der Waals surface area contributed by atoms with Crippen LogP contribution in [0.1, 0.15) is 55.5 Å². The molecule has 1 aromatic carbocycles. The van der Waals surface area contributed by atoms with E-state index >= 15 is 0 Å². The van der Waals surface area contributed by atoms with Gasteiger partial charge in [-0.1, -0.05) is 31.5 Å². The van der Waals surface area contributed by atoms with E-state index in [1.807, 2.05) is 19.1 Å². The molecule has 4 nitrogen and oxygen atoms in total. The SMILES string of the molecule is COC(=O)C1(CC(C)C)CCCC1OC(=O)c1cccc(C)c1. The highest BCUT2D eigenvalue weighted by molar-refractivity contribution is 5.90. The summed E-state index contributed by atoms with van der Waals surface area (Å²) in [5.41, 5.74) is 0.829. The molecular weight excluding hydrogens is 292 g/mol. The Morgan fingerprint density at radius 3 is 2.70 bits per heavy atom. The molecular formula is C19H26O4. The van der Waals surface area contributed by atoms with Crippen molar-refractivity contribution >= 4 is 11.9 Å². The number of benzene rings is 1. The van der Waals surface area contributed by atoms with E-state index in [2.05, 4.69) is 13.8 Å². The molecule has 1 saturated carbocycles. The first-order valence-corrected chi connectivity index (χ1v) is 8.25. The van der Waals surface area contributed by atoms with Crippen molar-refractivity contribution in [2.45, 2.75) is 52.6 Å². The van der Waals surface area contributed by atoms with E-state index in [0.29, 0.717) is 30.7 Å². The number of carbonyl (C=O) groups excluding carboxylic acids is 2. The number of esters is 2. The van der Waals surface area contributed by atoms with Crippen LogP contribution in [0.2, 0.25) is 0 Å². The summed E-state index contributed by atoms with van der Waals surface area (Å²) in [7, 11) is 1.40. The number of hydrogen-bond donors (Lipinski definition) is 0. The highest BCUT2D eigenvalue weighted by Crippen LogP contribution is 2.46. The highest BCUT2D eigenvalue weighted by Gasteiger charge is 2.52. The summed E-state index contributed by atoms with van der Waals surface area (Å²) in [5.74, 6) is -0.296. The summed E-state index contributed by atoms with van der Waals surface area (Å²) < 4.78 is 10.8. The zero-order valence-electron chi connectivity index (χ0n) is 14.4. The molecule has 0 aromatic heterocycles. The highest BCUT2D eigenvalue weighted by atomic mass is 16.6. The summed E-state index contributed by atoms with van der Waals surface area (Å²) in [4.78, 5) is 24.9. The predicted molar refractivity (Wildman–Crippen MR) is 88.1 cm³/mol. The average Bonchev–Trinajstić information content (AvgIpc) is 2.89. The van der Waals surface area contributed by atoms with Gasteiger partial charge in [-0.2, -0.15) is 0 Å². The maximum absolute atomic E-state index is 12.5. The van der Waals surface area contributed by atoms with Gasteiger partial charge in [0.05, 0.1) is 12.7 Å². The number of aryl methyl sites for hydroxylation is 1. The second kappa shape index (κ2) is 7.16. The lowest BCUT2D eigenvalue weighted by Gasteiger charge is -2.33. The summed E-state index contributed by atoms with van der Waals surface area (Å²) in [6.07, 6.45) is 2.55. The third-order valence-electron chi connectivity index (χ3n) is 4.57. The molecule has 0 spiro atoms. The van der Waals surface area contributed by atoms with Crippen LogP contribution >= 0.6 is 0 Å². The monoisotopic (exact) mass is 318 g/mol. The fourth-order valence-corrected chi connectivity index (χ4v) is 3.66. The average molecular weight is 318 g/mol. The van der Waals surface area contributed by atoms with Crippen LogP contribution in [0.5, 0.6) is 0 Å². The molecule has 1 aliphatic rings. The molecule has 0 radical (unpaired) electrons. The van der Waals surface area contributed by atoms with Gasteiger partial charge in [-0.05, 0) is 50.7 Å². The van der Waals surface area contributed by atoms with E-state index in [9.17, 15) is 9.59 Å². The van der Waals surface area contributed by atoms with E-state index in [-0.39, 0.29) is 11.9 Å². The molecule has 1 aliphatic carbocycles. The molecule has 4 heteroatoms. The maximum atomic E-state index is 12.5. The minimum atomic E-state index is -0.706. The largest absolute Gasteiger partial charge is 0.468 e. The van der Waals surface area contributed by atoms with Gasteiger partial charge in [0.2, 0.25) is 0 Å². The normalized spacial score (nSPS) is 23.8. The van der Waals surface area contributed by atoms with Crippen LogP contribution in [0, 0.1) is 18.3 Å². The summed E-state index contributed by atoms with van der Waals surface area (Å²) in [6, 6.07) is 7.32. The van der Waals surface area contributed by atoms with Crippen LogP contribution in [0.15, 0.2) is 24.3 Å². The molecule has 2 atom stereocenters. The van der Waals surface area contributed by atoms with Crippen LogP contribution in [0.3, 0.4) is 0 Å². The lowest BCUT2D eigenvalue weighted by molar-refractivity contribution is -0.160. The molecule has 126 valence electrons. The van der Waals surface area contributed by atoms with Crippen molar-refractivity contribution in [3.05, 3.63) is 35.4 Å². The Labute approximate surface area is 138 Å². The Kier molecular flexibility index (Phi) is 5.45.